The van der Waals surface area contributed by atoms with Crippen molar-refractivity contribution in [2.24, 2.45) is 0 Å². The fourth-order valence-corrected chi connectivity index (χ4v) is 3.96. The SMILES string of the molecule is CCCCCCCCCCCc1c(O)c(O)cc2nc3cc(C)c(C)cc3nc12. The fourth-order valence-electron chi connectivity index (χ4n) is 3.96. The number of nitrogens with zero attached hydrogens (tertiary/aromatic N) is 2. The van der Waals surface area contributed by atoms with Crippen LogP contribution in [-0.2, 0) is 6.42 Å². The predicted octanol–water partition coefficient (Wildman–Crippen LogP) is 6.88. The number of rotatable bonds is 10. The van der Waals surface area contributed by atoms with Gasteiger partial charge in [0.25, 0.3) is 0 Å². The molecule has 0 amide bonds. The first-order chi connectivity index (χ1) is 14.0. The zero-order valence-corrected chi connectivity index (χ0v) is 18.1. The zero-order valence-electron chi connectivity index (χ0n) is 18.1. The Morgan fingerprint density at radius 3 is 1.86 bits per heavy atom. The van der Waals surface area contributed by atoms with Gasteiger partial charge in [-0.3, -0.25) is 0 Å². The van der Waals surface area contributed by atoms with Gasteiger partial charge in [0.05, 0.1) is 22.1 Å². The second kappa shape index (κ2) is 9.91. The van der Waals surface area contributed by atoms with Crippen LogP contribution in [0.2, 0.25) is 0 Å². The number of unbranched alkanes of at least 4 members (excludes halogenated alkanes) is 8. The van der Waals surface area contributed by atoms with E-state index in [0.29, 0.717) is 17.5 Å². The van der Waals surface area contributed by atoms with E-state index in [0.717, 1.165) is 29.4 Å². The van der Waals surface area contributed by atoms with Crippen LogP contribution in [0.5, 0.6) is 11.5 Å². The smallest absolute Gasteiger partial charge is 0.163 e. The molecule has 0 aliphatic carbocycles. The van der Waals surface area contributed by atoms with E-state index in [1.165, 1.54) is 62.1 Å². The highest BCUT2D eigenvalue weighted by Crippen LogP contribution is 2.36. The van der Waals surface area contributed by atoms with Gasteiger partial charge in [0.15, 0.2) is 11.5 Å². The van der Waals surface area contributed by atoms with Crippen molar-refractivity contribution < 1.29 is 10.2 Å². The summed E-state index contributed by atoms with van der Waals surface area (Å²) in [4.78, 5) is 9.51. The van der Waals surface area contributed by atoms with Gasteiger partial charge in [0, 0.05) is 11.6 Å². The lowest BCUT2D eigenvalue weighted by atomic mass is 10.0. The number of aryl methyl sites for hydroxylation is 3. The number of aromatic hydroxyl groups is 2. The highest BCUT2D eigenvalue weighted by Gasteiger charge is 2.15. The van der Waals surface area contributed by atoms with Crippen molar-refractivity contribution in [1.29, 1.82) is 0 Å². The first kappa shape index (κ1) is 21.4. The van der Waals surface area contributed by atoms with Crippen LogP contribution in [0, 0.1) is 13.8 Å². The Hall–Kier alpha value is -2.36. The van der Waals surface area contributed by atoms with Crippen molar-refractivity contribution in [3.05, 3.63) is 34.9 Å². The molecule has 156 valence electrons. The Morgan fingerprint density at radius 1 is 0.690 bits per heavy atom. The Kier molecular flexibility index (Phi) is 7.29. The van der Waals surface area contributed by atoms with Gasteiger partial charge in [0.1, 0.15) is 0 Å². The lowest BCUT2D eigenvalue weighted by Crippen LogP contribution is -1.96. The molecule has 0 aliphatic rings. The summed E-state index contributed by atoms with van der Waals surface area (Å²) >= 11 is 0. The number of fused-ring (bicyclic) bond motifs is 2. The van der Waals surface area contributed by atoms with Crippen LogP contribution in [-0.4, -0.2) is 20.2 Å². The van der Waals surface area contributed by atoms with E-state index in [4.69, 9.17) is 9.97 Å². The molecule has 0 spiro atoms. The highest BCUT2D eigenvalue weighted by molar-refractivity contribution is 5.91. The van der Waals surface area contributed by atoms with Crippen molar-refractivity contribution in [3.63, 3.8) is 0 Å². The number of hydrogen-bond donors (Lipinski definition) is 2. The number of phenols is 2. The molecule has 4 heteroatoms. The molecule has 29 heavy (non-hydrogen) atoms. The summed E-state index contributed by atoms with van der Waals surface area (Å²) in [5.74, 6) is -0.157. The van der Waals surface area contributed by atoms with E-state index in [1.807, 2.05) is 12.1 Å². The van der Waals surface area contributed by atoms with Crippen LogP contribution in [0.1, 0.15) is 81.4 Å². The second-order valence-electron chi connectivity index (χ2n) is 8.32. The molecule has 4 nitrogen and oxygen atoms in total. The maximum atomic E-state index is 10.5. The molecule has 1 heterocycles. The van der Waals surface area contributed by atoms with Crippen LogP contribution in [0.25, 0.3) is 22.1 Å². The van der Waals surface area contributed by atoms with Crippen LogP contribution in [0.3, 0.4) is 0 Å². The van der Waals surface area contributed by atoms with Crippen LogP contribution in [0.4, 0.5) is 0 Å². The summed E-state index contributed by atoms with van der Waals surface area (Å²) in [5.41, 5.74) is 6.06. The molecular formula is C25H34N2O2. The quantitative estimate of drug-likeness (QED) is 0.223. The third-order valence-corrected chi connectivity index (χ3v) is 5.92. The maximum Gasteiger partial charge on any atom is 0.163 e. The first-order valence-corrected chi connectivity index (χ1v) is 11.1. The van der Waals surface area contributed by atoms with Crippen LogP contribution < -0.4 is 0 Å². The Bertz CT molecular complexity index is 982. The average molecular weight is 395 g/mol. The zero-order chi connectivity index (χ0) is 20.8. The minimum Gasteiger partial charge on any atom is -0.504 e. The second-order valence-corrected chi connectivity index (χ2v) is 8.32. The third-order valence-electron chi connectivity index (χ3n) is 5.92. The fraction of sp³-hybridized carbons (Fsp3) is 0.520. The Morgan fingerprint density at radius 2 is 1.24 bits per heavy atom. The van der Waals surface area contributed by atoms with Gasteiger partial charge in [-0.05, 0) is 49.9 Å². The van der Waals surface area contributed by atoms with Crippen molar-refractivity contribution in [1.82, 2.24) is 9.97 Å². The van der Waals surface area contributed by atoms with Crippen LogP contribution in [0.15, 0.2) is 18.2 Å². The summed E-state index contributed by atoms with van der Waals surface area (Å²) in [6, 6.07) is 5.59. The van der Waals surface area contributed by atoms with Gasteiger partial charge >= 0.3 is 0 Å². The van der Waals surface area contributed by atoms with Gasteiger partial charge in [-0.1, -0.05) is 58.3 Å². The van der Waals surface area contributed by atoms with E-state index in [2.05, 4.69) is 20.8 Å². The van der Waals surface area contributed by atoms with E-state index in [9.17, 15) is 10.2 Å². The molecule has 3 rings (SSSR count). The van der Waals surface area contributed by atoms with Crippen molar-refractivity contribution in [2.45, 2.75) is 85.0 Å². The minimum atomic E-state index is -0.110. The summed E-state index contributed by atoms with van der Waals surface area (Å²) in [6.45, 7) is 6.37. The summed E-state index contributed by atoms with van der Waals surface area (Å²) < 4.78 is 0. The predicted molar refractivity (Wildman–Crippen MR) is 121 cm³/mol. The molecule has 3 aromatic rings. The standard InChI is InChI=1S/C25H34N2O2/c1-4-5-6-7-8-9-10-11-12-13-19-24-22(16-23(28)25(19)29)26-20-14-17(2)18(3)15-21(20)27-24/h14-16,28-29H,4-13H2,1-3H3. The van der Waals surface area contributed by atoms with Gasteiger partial charge in [-0.2, -0.15) is 0 Å². The summed E-state index contributed by atoms with van der Waals surface area (Å²) in [6.07, 6.45) is 12.0. The minimum absolute atomic E-state index is 0.0467. The molecule has 0 radical (unpaired) electrons. The molecule has 2 N–H and O–H groups in total. The molecule has 0 atom stereocenters. The Balaban J connectivity index is 1.72. The molecule has 1 aromatic heterocycles. The molecule has 0 saturated heterocycles. The first-order valence-electron chi connectivity index (χ1n) is 11.1. The molecular weight excluding hydrogens is 360 g/mol. The number of aromatic nitrogens is 2. The van der Waals surface area contributed by atoms with E-state index in [-0.39, 0.29) is 11.5 Å². The normalized spacial score (nSPS) is 11.6. The molecule has 0 saturated carbocycles. The van der Waals surface area contributed by atoms with Crippen molar-refractivity contribution in [3.8, 4) is 11.5 Å². The monoisotopic (exact) mass is 394 g/mol. The average Bonchev–Trinajstić information content (AvgIpc) is 2.69. The molecule has 0 aliphatic heterocycles. The lowest BCUT2D eigenvalue weighted by Gasteiger charge is -2.12. The number of hydrogen-bond acceptors (Lipinski definition) is 4. The van der Waals surface area contributed by atoms with Gasteiger partial charge in [-0.25, -0.2) is 9.97 Å². The molecule has 0 fully saturated rings. The van der Waals surface area contributed by atoms with Crippen LogP contribution >= 0.6 is 0 Å². The highest BCUT2D eigenvalue weighted by atomic mass is 16.3. The maximum absolute atomic E-state index is 10.5. The summed E-state index contributed by atoms with van der Waals surface area (Å²) in [5, 5.41) is 20.7. The van der Waals surface area contributed by atoms with Crippen molar-refractivity contribution >= 4 is 22.1 Å². The van der Waals surface area contributed by atoms with E-state index < -0.39 is 0 Å². The third kappa shape index (κ3) is 5.17. The molecule has 0 bridgehead atoms. The molecule has 0 unspecified atom stereocenters. The lowest BCUT2D eigenvalue weighted by molar-refractivity contribution is 0.399. The Labute approximate surface area is 174 Å². The van der Waals surface area contributed by atoms with Crippen molar-refractivity contribution in [2.75, 3.05) is 0 Å². The molecule has 2 aromatic carbocycles. The van der Waals surface area contributed by atoms with E-state index >= 15 is 0 Å². The van der Waals surface area contributed by atoms with E-state index in [1.54, 1.807) is 0 Å². The topological polar surface area (TPSA) is 66.2 Å². The van der Waals surface area contributed by atoms with Gasteiger partial charge < -0.3 is 10.2 Å². The van der Waals surface area contributed by atoms with Gasteiger partial charge in [0.2, 0.25) is 0 Å². The largest absolute Gasteiger partial charge is 0.504 e. The number of phenolic OH excluding ortho intramolecular Hbond substituents is 2. The van der Waals surface area contributed by atoms with Gasteiger partial charge in [-0.15, -0.1) is 0 Å². The summed E-state index contributed by atoms with van der Waals surface area (Å²) in [7, 11) is 0. The number of benzene rings is 2.